The topological polar surface area (TPSA) is 101 Å². The number of aromatic amines is 1. The predicted octanol–water partition coefficient (Wildman–Crippen LogP) is 3.02. The third-order valence-electron chi connectivity index (χ3n) is 5.85. The van der Waals surface area contributed by atoms with Gasteiger partial charge >= 0.3 is 0 Å². The Hall–Kier alpha value is -3.19. The minimum atomic E-state index is 0.378. The molecular formula is C22H24N6O. The molecule has 1 aliphatic carbocycles. The van der Waals surface area contributed by atoms with Crippen LogP contribution in [0, 0.1) is 0 Å². The Morgan fingerprint density at radius 1 is 1.21 bits per heavy atom. The summed E-state index contributed by atoms with van der Waals surface area (Å²) in [4.78, 5) is 9.03. The van der Waals surface area contributed by atoms with Crippen molar-refractivity contribution in [2.24, 2.45) is 10.7 Å². The number of rotatable bonds is 5. The molecule has 2 aliphatic rings. The first-order valence-corrected chi connectivity index (χ1v) is 9.95. The van der Waals surface area contributed by atoms with Crippen LogP contribution in [0.5, 0.6) is 5.75 Å². The molecule has 2 atom stereocenters. The molecule has 1 aromatic heterocycles. The molecule has 148 valence electrons. The number of nitrogens with one attached hydrogen (secondary N) is 2. The molecule has 5 rings (SSSR count). The number of hydrogen-bond donors (Lipinski definition) is 3. The summed E-state index contributed by atoms with van der Waals surface area (Å²) in [5, 5.41) is 11.0. The molecule has 29 heavy (non-hydrogen) atoms. The van der Waals surface area contributed by atoms with Crippen molar-refractivity contribution < 1.29 is 4.74 Å². The highest BCUT2D eigenvalue weighted by Gasteiger charge is 2.42. The summed E-state index contributed by atoms with van der Waals surface area (Å²) in [5.41, 5.74) is 11.3. The van der Waals surface area contributed by atoms with Gasteiger partial charge in [-0.05, 0) is 54.1 Å². The largest absolute Gasteiger partial charge is 0.494 e. The quantitative estimate of drug-likeness (QED) is 0.461. The summed E-state index contributed by atoms with van der Waals surface area (Å²) in [6.07, 6.45) is 3.46. The van der Waals surface area contributed by atoms with E-state index in [0.717, 1.165) is 37.3 Å². The van der Waals surface area contributed by atoms with Gasteiger partial charge in [-0.15, -0.1) is 0 Å². The SMILES string of the molecule is COc1cccc(-c2n[nH]c(C3CC3c3ccc4c(c3)CCNC4)n2)c1N=CN. The first-order chi connectivity index (χ1) is 14.3. The Balaban J connectivity index is 1.40. The lowest BCUT2D eigenvalue weighted by Gasteiger charge is -2.17. The van der Waals surface area contributed by atoms with Gasteiger partial charge < -0.3 is 15.8 Å². The number of nitrogens with zero attached hydrogens (tertiary/aromatic N) is 3. The van der Waals surface area contributed by atoms with E-state index < -0.39 is 0 Å². The molecule has 0 bridgehead atoms. The Bertz CT molecular complexity index is 1070. The van der Waals surface area contributed by atoms with Crippen molar-refractivity contribution in [1.29, 1.82) is 0 Å². The second kappa shape index (κ2) is 7.33. The molecule has 0 amide bonds. The Kier molecular flexibility index (Phi) is 4.52. The minimum Gasteiger partial charge on any atom is -0.494 e. The van der Waals surface area contributed by atoms with Crippen LogP contribution < -0.4 is 15.8 Å². The molecule has 1 saturated carbocycles. The van der Waals surface area contributed by atoms with E-state index in [2.05, 4.69) is 38.7 Å². The van der Waals surface area contributed by atoms with Crippen molar-refractivity contribution >= 4 is 12.0 Å². The summed E-state index contributed by atoms with van der Waals surface area (Å²) in [5.74, 6) is 3.06. The number of ether oxygens (including phenoxy) is 1. The fourth-order valence-electron chi connectivity index (χ4n) is 4.23. The fraction of sp³-hybridized carbons (Fsp3) is 0.318. The first kappa shape index (κ1) is 17.9. The zero-order chi connectivity index (χ0) is 19.8. The third kappa shape index (κ3) is 3.27. The summed E-state index contributed by atoms with van der Waals surface area (Å²) in [6.45, 7) is 2.04. The van der Waals surface area contributed by atoms with Gasteiger partial charge in [-0.25, -0.2) is 9.98 Å². The van der Waals surface area contributed by atoms with Crippen LogP contribution >= 0.6 is 0 Å². The van der Waals surface area contributed by atoms with E-state index in [1.807, 2.05) is 18.2 Å². The zero-order valence-corrected chi connectivity index (χ0v) is 16.4. The molecule has 1 fully saturated rings. The number of nitrogens with two attached hydrogens (primary N) is 1. The van der Waals surface area contributed by atoms with Crippen molar-refractivity contribution in [3.63, 3.8) is 0 Å². The van der Waals surface area contributed by atoms with E-state index in [4.69, 9.17) is 15.5 Å². The molecular weight excluding hydrogens is 364 g/mol. The van der Waals surface area contributed by atoms with Gasteiger partial charge in [0, 0.05) is 12.5 Å². The summed E-state index contributed by atoms with van der Waals surface area (Å²) >= 11 is 0. The molecule has 0 radical (unpaired) electrons. The van der Waals surface area contributed by atoms with Crippen LogP contribution in [-0.2, 0) is 13.0 Å². The van der Waals surface area contributed by atoms with Gasteiger partial charge in [-0.1, -0.05) is 24.3 Å². The van der Waals surface area contributed by atoms with Crippen molar-refractivity contribution in [3.05, 3.63) is 58.9 Å². The number of benzene rings is 2. The molecule has 1 aliphatic heterocycles. The van der Waals surface area contributed by atoms with Crippen LogP contribution in [-0.4, -0.2) is 35.2 Å². The standard InChI is InChI=1S/C22H24N6O/c1-29-19-4-2-3-16(20(19)25-12-23)21-26-22(28-27-21)18-10-17(18)14-5-6-15-11-24-8-7-13(15)9-14/h2-6,9,12,17-18,24H,7-8,10-11H2,1H3,(H2,23,25)(H,26,27,28). The van der Waals surface area contributed by atoms with Crippen molar-refractivity contribution in [3.8, 4) is 17.1 Å². The Labute approximate surface area is 169 Å². The van der Waals surface area contributed by atoms with E-state index in [0.29, 0.717) is 29.1 Å². The van der Waals surface area contributed by atoms with E-state index in [-0.39, 0.29) is 0 Å². The molecule has 0 saturated heterocycles. The molecule has 7 heteroatoms. The maximum Gasteiger partial charge on any atom is 0.183 e. The highest BCUT2D eigenvalue weighted by molar-refractivity contribution is 5.79. The maximum atomic E-state index is 5.53. The lowest BCUT2D eigenvalue weighted by atomic mass is 9.96. The lowest BCUT2D eigenvalue weighted by molar-refractivity contribution is 0.416. The van der Waals surface area contributed by atoms with Gasteiger partial charge in [-0.2, -0.15) is 5.10 Å². The number of aliphatic imine (C=N–C) groups is 1. The minimum absolute atomic E-state index is 0.378. The summed E-state index contributed by atoms with van der Waals surface area (Å²) in [6, 6.07) is 12.6. The highest BCUT2D eigenvalue weighted by atomic mass is 16.5. The van der Waals surface area contributed by atoms with Crippen LogP contribution in [0.25, 0.3) is 11.4 Å². The maximum absolute atomic E-state index is 5.53. The monoisotopic (exact) mass is 388 g/mol. The summed E-state index contributed by atoms with van der Waals surface area (Å²) < 4.78 is 5.41. The number of aromatic nitrogens is 3. The summed E-state index contributed by atoms with van der Waals surface area (Å²) in [7, 11) is 1.61. The average Bonchev–Trinajstić information content (AvgIpc) is 3.42. The fourth-order valence-corrected chi connectivity index (χ4v) is 4.23. The van der Waals surface area contributed by atoms with Gasteiger partial charge in [0.1, 0.15) is 17.3 Å². The Morgan fingerprint density at radius 3 is 3.00 bits per heavy atom. The van der Waals surface area contributed by atoms with Gasteiger partial charge in [0.25, 0.3) is 0 Å². The van der Waals surface area contributed by atoms with E-state index in [1.165, 1.54) is 23.0 Å². The van der Waals surface area contributed by atoms with Crippen LogP contribution in [0.4, 0.5) is 5.69 Å². The van der Waals surface area contributed by atoms with Crippen LogP contribution in [0.1, 0.15) is 40.8 Å². The number of para-hydroxylation sites is 1. The number of hydrogen-bond acceptors (Lipinski definition) is 5. The van der Waals surface area contributed by atoms with Gasteiger partial charge in [0.05, 0.1) is 19.0 Å². The Morgan fingerprint density at radius 2 is 2.14 bits per heavy atom. The van der Waals surface area contributed by atoms with Gasteiger partial charge in [-0.3, -0.25) is 5.10 Å². The van der Waals surface area contributed by atoms with Gasteiger partial charge in [0.2, 0.25) is 0 Å². The highest BCUT2D eigenvalue weighted by Crippen LogP contribution is 2.54. The number of fused-ring (bicyclic) bond motifs is 1. The first-order valence-electron chi connectivity index (χ1n) is 9.95. The molecule has 2 aromatic carbocycles. The second-order valence-corrected chi connectivity index (χ2v) is 7.58. The second-order valence-electron chi connectivity index (χ2n) is 7.58. The molecule has 2 heterocycles. The molecule has 0 spiro atoms. The van der Waals surface area contributed by atoms with Crippen LogP contribution in [0.2, 0.25) is 0 Å². The van der Waals surface area contributed by atoms with Gasteiger partial charge in [0.15, 0.2) is 5.82 Å². The lowest BCUT2D eigenvalue weighted by Crippen LogP contribution is -2.23. The van der Waals surface area contributed by atoms with E-state index in [1.54, 1.807) is 7.11 Å². The van der Waals surface area contributed by atoms with Crippen molar-refractivity contribution in [2.45, 2.75) is 31.2 Å². The van der Waals surface area contributed by atoms with E-state index >= 15 is 0 Å². The molecule has 2 unspecified atom stereocenters. The normalized spacial score (nSPS) is 20.6. The average molecular weight is 388 g/mol. The number of methoxy groups -OCH3 is 1. The molecule has 3 aromatic rings. The van der Waals surface area contributed by atoms with Crippen LogP contribution in [0.3, 0.4) is 0 Å². The third-order valence-corrected chi connectivity index (χ3v) is 5.85. The number of H-pyrrole nitrogens is 1. The molecule has 7 nitrogen and oxygen atoms in total. The van der Waals surface area contributed by atoms with Crippen molar-refractivity contribution in [2.75, 3.05) is 13.7 Å². The van der Waals surface area contributed by atoms with Crippen molar-refractivity contribution in [1.82, 2.24) is 20.5 Å². The predicted molar refractivity (Wildman–Crippen MR) is 113 cm³/mol. The zero-order valence-electron chi connectivity index (χ0n) is 16.4. The smallest absolute Gasteiger partial charge is 0.183 e. The molecule has 4 N–H and O–H groups in total. The van der Waals surface area contributed by atoms with Crippen LogP contribution in [0.15, 0.2) is 41.4 Å². The van der Waals surface area contributed by atoms with E-state index in [9.17, 15) is 0 Å².